The van der Waals surface area contributed by atoms with Crippen molar-refractivity contribution < 1.29 is 14.7 Å². The average Bonchev–Trinajstić information content (AvgIpc) is 2.59. The number of hydrogen-bond donors (Lipinski definition) is 1. The number of carboxylic acids is 1. The minimum atomic E-state index is -1.38. The standard InChI is InChI=1S/C11H8ClN3O4/c12-5-1-2-6-10-9(5)13-7(16)3-15(10)11(19)14(6)4-8(17)18/h1-2H,3-4H2,(H,13,16)(H,17,18)/p-1. The van der Waals surface area contributed by atoms with Gasteiger partial charge in [-0.25, -0.2) is 4.79 Å². The molecule has 0 aliphatic carbocycles. The number of carbonyl (C=O) groups is 2. The molecule has 3 rings (SSSR count). The lowest BCUT2D eigenvalue weighted by Gasteiger charge is -2.15. The predicted molar refractivity (Wildman–Crippen MR) is 64.8 cm³/mol. The Kier molecular flexibility index (Phi) is 2.39. The van der Waals surface area contributed by atoms with E-state index >= 15 is 0 Å². The zero-order valence-electron chi connectivity index (χ0n) is 9.47. The number of imidazole rings is 1. The van der Waals surface area contributed by atoms with Crippen LogP contribution in [-0.2, 0) is 22.7 Å². The first-order valence-corrected chi connectivity index (χ1v) is 5.78. The van der Waals surface area contributed by atoms with E-state index in [2.05, 4.69) is 5.32 Å². The summed E-state index contributed by atoms with van der Waals surface area (Å²) in [5, 5.41) is 13.6. The molecule has 0 spiro atoms. The number of nitrogens with zero attached hydrogens (tertiary/aromatic N) is 2. The smallest absolute Gasteiger partial charge is 0.330 e. The van der Waals surface area contributed by atoms with E-state index in [4.69, 9.17) is 11.6 Å². The third kappa shape index (κ3) is 1.62. The summed E-state index contributed by atoms with van der Waals surface area (Å²) in [6, 6.07) is 3.04. The van der Waals surface area contributed by atoms with Crippen LogP contribution in [0.5, 0.6) is 0 Å². The summed E-state index contributed by atoms with van der Waals surface area (Å²) in [5.41, 5.74) is 0.578. The van der Waals surface area contributed by atoms with Crippen LogP contribution in [0, 0.1) is 0 Å². The van der Waals surface area contributed by atoms with Crippen LogP contribution >= 0.6 is 11.6 Å². The predicted octanol–water partition coefficient (Wildman–Crippen LogP) is -0.842. The fraction of sp³-hybridized carbons (Fsp3) is 0.182. The molecule has 1 aliphatic heterocycles. The molecular weight excluding hydrogens is 274 g/mol. The van der Waals surface area contributed by atoms with Crippen molar-refractivity contribution in [1.82, 2.24) is 9.13 Å². The number of nitrogens with one attached hydrogen (secondary N) is 1. The van der Waals surface area contributed by atoms with Crippen molar-refractivity contribution in [2.75, 3.05) is 5.32 Å². The minimum Gasteiger partial charge on any atom is -0.548 e. The fourth-order valence-corrected chi connectivity index (χ4v) is 2.46. The quantitative estimate of drug-likeness (QED) is 0.776. The fourth-order valence-electron chi connectivity index (χ4n) is 2.26. The van der Waals surface area contributed by atoms with Gasteiger partial charge in [0.25, 0.3) is 0 Å². The summed E-state index contributed by atoms with van der Waals surface area (Å²) < 4.78 is 2.25. The number of aliphatic carboxylic acids is 1. The number of halogens is 1. The molecule has 1 amide bonds. The topological polar surface area (TPSA) is 96.2 Å². The van der Waals surface area contributed by atoms with Gasteiger partial charge in [0.05, 0.1) is 34.3 Å². The van der Waals surface area contributed by atoms with E-state index in [1.54, 1.807) is 6.07 Å². The van der Waals surface area contributed by atoms with Crippen molar-refractivity contribution in [2.45, 2.75) is 13.1 Å². The Balaban J connectivity index is 2.42. The summed E-state index contributed by atoms with van der Waals surface area (Å²) >= 11 is 5.97. The molecular formula is C11H7ClN3O4-. The lowest BCUT2D eigenvalue weighted by molar-refractivity contribution is -0.306. The maximum Gasteiger partial charge on any atom is 0.330 e. The number of rotatable bonds is 2. The van der Waals surface area contributed by atoms with Gasteiger partial charge in [-0.05, 0) is 12.1 Å². The van der Waals surface area contributed by atoms with E-state index < -0.39 is 18.2 Å². The molecule has 8 heteroatoms. The van der Waals surface area contributed by atoms with Gasteiger partial charge in [0.15, 0.2) is 0 Å². The Morgan fingerprint density at radius 2 is 2.16 bits per heavy atom. The highest BCUT2D eigenvalue weighted by Crippen LogP contribution is 2.32. The highest BCUT2D eigenvalue weighted by Gasteiger charge is 2.25. The third-order valence-electron chi connectivity index (χ3n) is 2.98. The summed E-state index contributed by atoms with van der Waals surface area (Å²) in [4.78, 5) is 34.3. The van der Waals surface area contributed by atoms with E-state index in [9.17, 15) is 19.5 Å². The second-order valence-electron chi connectivity index (χ2n) is 4.17. The molecule has 0 saturated carbocycles. The van der Waals surface area contributed by atoms with Crippen molar-refractivity contribution in [3.05, 3.63) is 27.6 Å². The third-order valence-corrected chi connectivity index (χ3v) is 3.30. The Labute approximate surface area is 111 Å². The summed E-state index contributed by atoms with van der Waals surface area (Å²) in [6.45, 7) is -0.736. The van der Waals surface area contributed by atoms with Crippen LogP contribution in [0.4, 0.5) is 5.69 Å². The molecule has 0 atom stereocenters. The van der Waals surface area contributed by atoms with Crippen molar-refractivity contribution in [3.8, 4) is 0 Å². The monoisotopic (exact) mass is 280 g/mol. The molecule has 2 aromatic rings. The zero-order valence-corrected chi connectivity index (χ0v) is 10.2. The second kappa shape index (κ2) is 3.86. The molecule has 0 radical (unpaired) electrons. The summed E-state index contributed by atoms with van der Waals surface area (Å²) in [6.07, 6.45) is 0. The number of benzene rings is 1. The van der Waals surface area contributed by atoms with Crippen LogP contribution in [0.1, 0.15) is 0 Å². The van der Waals surface area contributed by atoms with Gasteiger partial charge in [-0.2, -0.15) is 0 Å². The molecule has 98 valence electrons. The van der Waals surface area contributed by atoms with Crippen LogP contribution in [-0.4, -0.2) is 21.0 Å². The summed E-state index contributed by atoms with van der Waals surface area (Å²) in [5.74, 6) is -1.76. The molecule has 0 saturated heterocycles. The van der Waals surface area contributed by atoms with Crippen molar-refractivity contribution in [1.29, 1.82) is 0 Å². The van der Waals surface area contributed by atoms with Crippen LogP contribution < -0.4 is 16.1 Å². The van der Waals surface area contributed by atoms with Gasteiger partial charge in [0.1, 0.15) is 6.54 Å². The Bertz CT molecular complexity index is 789. The first kappa shape index (κ1) is 11.8. The van der Waals surface area contributed by atoms with Crippen LogP contribution in [0.25, 0.3) is 11.0 Å². The first-order chi connectivity index (χ1) is 8.99. The van der Waals surface area contributed by atoms with Crippen LogP contribution in [0.15, 0.2) is 16.9 Å². The Hall–Kier alpha value is -2.28. The Morgan fingerprint density at radius 3 is 2.84 bits per heavy atom. The molecule has 1 aromatic heterocycles. The molecule has 7 nitrogen and oxygen atoms in total. The SMILES string of the molecule is O=C([O-])Cn1c(=O)n2c3c(c(Cl)ccc31)NC(=O)C2. The van der Waals surface area contributed by atoms with Gasteiger partial charge in [-0.1, -0.05) is 11.6 Å². The zero-order chi connectivity index (χ0) is 13.7. The molecule has 19 heavy (non-hydrogen) atoms. The van der Waals surface area contributed by atoms with E-state index in [1.165, 1.54) is 10.6 Å². The first-order valence-electron chi connectivity index (χ1n) is 5.40. The molecule has 1 N–H and O–H groups in total. The maximum absolute atomic E-state index is 12.1. The van der Waals surface area contributed by atoms with Gasteiger partial charge in [-0.3, -0.25) is 13.9 Å². The molecule has 1 aromatic carbocycles. The number of hydrogen-bond acceptors (Lipinski definition) is 4. The molecule has 0 unspecified atom stereocenters. The van der Waals surface area contributed by atoms with Gasteiger partial charge in [0.2, 0.25) is 5.91 Å². The number of carbonyl (C=O) groups excluding carboxylic acids is 2. The van der Waals surface area contributed by atoms with E-state index in [1.807, 2.05) is 0 Å². The number of aromatic nitrogens is 2. The highest BCUT2D eigenvalue weighted by molar-refractivity contribution is 6.35. The van der Waals surface area contributed by atoms with Crippen molar-refractivity contribution in [3.63, 3.8) is 0 Å². The van der Waals surface area contributed by atoms with E-state index in [0.717, 1.165) is 4.57 Å². The average molecular weight is 281 g/mol. The lowest BCUT2D eigenvalue weighted by Crippen LogP contribution is -2.35. The largest absolute Gasteiger partial charge is 0.548 e. The lowest BCUT2D eigenvalue weighted by atomic mass is 10.2. The molecule has 1 aliphatic rings. The minimum absolute atomic E-state index is 0.164. The molecule has 0 fully saturated rings. The normalized spacial score (nSPS) is 13.6. The van der Waals surface area contributed by atoms with E-state index in [-0.39, 0.29) is 12.5 Å². The second-order valence-corrected chi connectivity index (χ2v) is 4.57. The number of carboxylic acid groups (broad SMARTS) is 1. The van der Waals surface area contributed by atoms with Crippen LogP contribution in [0.3, 0.4) is 0 Å². The van der Waals surface area contributed by atoms with Crippen molar-refractivity contribution >= 4 is 40.2 Å². The summed E-state index contributed by atoms with van der Waals surface area (Å²) in [7, 11) is 0. The molecule has 0 bridgehead atoms. The molecule has 2 heterocycles. The maximum atomic E-state index is 12.1. The highest BCUT2D eigenvalue weighted by atomic mass is 35.5. The van der Waals surface area contributed by atoms with Crippen LogP contribution in [0.2, 0.25) is 5.02 Å². The van der Waals surface area contributed by atoms with E-state index in [0.29, 0.717) is 21.7 Å². The Morgan fingerprint density at radius 1 is 1.42 bits per heavy atom. The van der Waals surface area contributed by atoms with Crippen molar-refractivity contribution in [2.24, 2.45) is 0 Å². The van der Waals surface area contributed by atoms with Gasteiger partial charge < -0.3 is 15.2 Å². The number of amides is 1. The van der Waals surface area contributed by atoms with Gasteiger partial charge in [0, 0.05) is 0 Å². The number of anilines is 1. The van der Waals surface area contributed by atoms with Gasteiger partial charge in [-0.15, -0.1) is 0 Å². The van der Waals surface area contributed by atoms with Gasteiger partial charge >= 0.3 is 5.69 Å².